The predicted octanol–water partition coefficient (Wildman–Crippen LogP) is 4.58. The first-order valence-corrected chi connectivity index (χ1v) is 9.92. The van der Waals surface area contributed by atoms with Gasteiger partial charge in [0.1, 0.15) is 17.1 Å². The summed E-state index contributed by atoms with van der Waals surface area (Å²) in [4.78, 5) is 12.6. The first-order chi connectivity index (χ1) is 14.6. The third-order valence-electron chi connectivity index (χ3n) is 5.31. The molecule has 6 nitrogen and oxygen atoms in total. The van der Waals surface area contributed by atoms with Crippen LogP contribution in [0.5, 0.6) is 23.0 Å². The van der Waals surface area contributed by atoms with Crippen LogP contribution in [0.4, 0.5) is 0 Å². The van der Waals surface area contributed by atoms with E-state index in [0.29, 0.717) is 24.0 Å². The summed E-state index contributed by atoms with van der Waals surface area (Å²) in [6.45, 7) is 7.29. The summed E-state index contributed by atoms with van der Waals surface area (Å²) in [7, 11) is 0. The van der Waals surface area contributed by atoms with E-state index in [1.54, 1.807) is 37.3 Å². The Bertz CT molecular complexity index is 1080. The van der Waals surface area contributed by atoms with Crippen molar-refractivity contribution < 1.29 is 30.0 Å². The molecule has 2 unspecified atom stereocenters. The largest absolute Gasteiger partial charge is 0.507 e. The summed E-state index contributed by atoms with van der Waals surface area (Å²) in [6.07, 6.45) is 6.20. The zero-order valence-electron chi connectivity index (χ0n) is 17.5. The van der Waals surface area contributed by atoms with E-state index >= 15 is 0 Å². The highest BCUT2D eigenvalue weighted by molar-refractivity contribution is 6.10. The highest BCUT2D eigenvalue weighted by Gasteiger charge is 2.32. The maximum atomic E-state index is 12.6. The van der Waals surface area contributed by atoms with Crippen LogP contribution < -0.4 is 4.74 Å². The van der Waals surface area contributed by atoms with E-state index in [1.807, 2.05) is 6.92 Å². The minimum atomic E-state index is -0.802. The zero-order chi connectivity index (χ0) is 22.8. The molecule has 0 fully saturated rings. The third-order valence-corrected chi connectivity index (χ3v) is 5.31. The molecular weight excluding hydrogens is 396 g/mol. The number of ether oxygens (including phenoxy) is 1. The number of phenolic OH excluding ortho intramolecular Hbond substituents is 3. The Kier molecular flexibility index (Phi) is 6.22. The molecule has 6 heteroatoms. The lowest BCUT2D eigenvalue weighted by Gasteiger charge is -2.33. The average Bonchev–Trinajstić information content (AvgIpc) is 2.73. The van der Waals surface area contributed by atoms with Crippen LogP contribution in [0.1, 0.15) is 48.2 Å². The first kappa shape index (κ1) is 22.2. The number of rotatable bonds is 7. The molecule has 4 N–H and O–H groups in total. The zero-order valence-corrected chi connectivity index (χ0v) is 17.5. The number of fused-ring (bicyclic) bond motifs is 1. The van der Waals surface area contributed by atoms with E-state index in [9.17, 15) is 25.2 Å². The van der Waals surface area contributed by atoms with Crippen LogP contribution in [0.3, 0.4) is 0 Å². The fourth-order valence-electron chi connectivity index (χ4n) is 3.33. The first-order valence-electron chi connectivity index (χ1n) is 9.92. The summed E-state index contributed by atoms with van der Waals surface area (Å²) >= 11 is 0. The Morgan fingerprint density at radius 2 is 1.94 bits per heavy atom. The van der Waals surface area contributed by atoms with Crippen LogP contribution in [0.15, 0.2) is 54.6 Å². The highest BCUT2D eigenvalue weighted by Crippen LogP contribution is 2.46. The lowest BCUT2D eigenvalue weighted by molar-refractivity contribution is 0.0974. The van der Waals surface area contributed by atoms with Crippen molar-refractivity contribution >= 4 is 17.9 Å². The molecule has 1 heterocycles. The molecule has 0 aromatic heterocycles. The molecule has 0 amide bonds. The summed E-state index contributed by atoms with van der Waals surface area (Å²) < 4.78 is 5.94. The maximum Gasteiger partial charge on any atom is 0.189 e. The number of hydrogen-bond acceptors (Lipinski definition) is 6. The standard InChI is InChI=1S/C25H26O6/c1-15(2)19(26)11-13-25(3)12-10-17-23(30)18(14-22(29)24(17)31-25)21(28)9-8-16-6-4-5-7-20(16)27/h4-10,12,14,19,26-27,29-30H,1,11,13H2,2-3H3/b9-8+. The van der Waals surface area contributed by atoms with Gasteiger partial charge in [-0.15, -0.1) is 0 Å². The number of carbonyl (C=O) groups is 1. The minimum Gasteiger partial charge on any atom is -0.507 e. The Morgan fingerprint density at radius 3 is 2.61 bits per heavy atom. The molecule has 0 bridgehead atoms. The number of para-hydroxylation sites is 1. The number of hydrogen-bond donors (Lipinski definition) is 4. The Morgan fingerprint density at radius 1 is 1.23 bits per heavy atom. The second-order valence-electron chi connectivity index (χ2n) is 7.94. The molecule has 0 saturated carbocycles. The lowest BCUT2D eigenvalue weighted by atomic mass is 9.91. The molecule has 0 saturated heterocycles. The van der Waals surface area contributed by atoms with Crippen LogP contribution in [0.25, 0.3) is 12.2 Å². The van der Waals surface area contributed by atoms with E-state index < -0.39 is 17.5 Å². The summed E-state index contributed by atoms with van der Waals surface area (Å²) in [6, 6.07) is 7.70. The number of ketones is 1. The van der Waals surface area contributed by atoms with Gasteiger partial charge < -0.3 is 25.2 Å². The van der Waals surface area contributed by atoms with Crippen molar-refractivity contribution in [1.82, 2.24) is 0 Å². The van der Waals surface area contributed by atoms with Crippen molar-refractivity contribution in [2.24, 2.45) is 0 Å². The van der Waals surface area contributed by atoms with Crippen molar-refractivity contribution in [2.45, 2.75) is 38.4 Å². The SMILES string of the molecule is C=C(C)C(O)CCC1(C)C=Cc2c(O)c(C(=O)/C=C/c3ccccc3O)cc(O)c2O1. The number of aromatic hydroxyl groups is 3. The van der Waals surface area contributed by atoms with E-state index in [-0.39, 0.29) is 34.1 Å². The molecule has 3 rings (SSSR count). The van der Waals surface area contributed by atoms with Gasteiger partial charge in [0, 0.05) is 5.56 Å². The normalized spacial score (nSPS) is 18.4. The van der Waals surface area contributed by atoms with Gasteiger partial charge in [-0.3, -0.25) is 4.79 Å². The minimum absolute atomic E-state index is 0.0245. The average molecular weight is 422 g/mol. The molecular formula is C25H26O6. The maximum absolute atomic E-state index is 12.6. The molecule has 2 aromatic carbocycles. The van der Waals surface area contributed by atoms with Crippen LogP contribution in [0.2, 0.25) is 0 Å². The van der Waals surface area contributed by atoms with E-state index in [1.165, 1.54) is 18.2 Å². The molecule has 2 aromatic rings. The fraction of sp³-hybridized carbons (Fsp3) is 0.240. The number of carbonyl (C=O) groups excluding carboxylic acids is 1. The number of benzene rings is 2. The highest BCUT2D eigenvalue weighted by atomic mass is 16.5. The Hall–Kier alpha value is -3.51. The molecule has 0 aliphatic carbocycles. The molecule has 2 atom stereocenters. The molecule has 31 heavy (non-hydrogen) atoms. The second kappa shape index (κ2) is 8.70. The van der Waals surface area contributed by atoms with E-state index in [4.69, 9.17) is 4.74 Å². The van der Waals surface area contributed by atoms with Gasteiger partial charge in [0.2, 0.25) is 0 Å². The summed E-state index contributed by atoms with van der Waals surface area (Å²) in [5.41, 5.74) is 0.427. The van der Waals surface area contributed by atoms with Crippen molar-refractivity contribution in [1.29, 1.82) is 0 Å². The van der Waals surface area contributed by atoms with Gasteiger partial charge in [-0.05, 0) is 63.1 Å². The van der Waals surface area contributed by atoms with Crippen LogP contribution in [0, 0.1) is 0 Å². The molecule has 1 aliphatic heterocycles. The van der Waals surface area contributed by atoms with Crippen LogP contribution in [-0.2, 0) is 0 Å². The number of phenols is 3. The van der Waals surface area contributed by atoms with Gasteiger partial charge in [-0.1, -0.05) is 30.4 Å². The predicted molar refractivity (Wildman–Crippen MR) is 119 cm³/mol. The summed E-state index contributed by atoms with van der Waals surface area (Å²) in [5.74, 6) is -1.02. The fourth-order valence-corrected chi connectivity index (χ4v) is 3.33. The van der Waals surface area contributed by atoms with Gasteiger partial charge in [-0.2, -0.15) is 0 Å². The van der Waals surface area contributed by atoms with Gasteiger partial charge in [-0.25, -0.2) is 0 Å². The molecule has 1 aliphatic rings. The number of aliphatic hydroxyl groups is 1. The van der Waals surface area contributed by atoms with Crippen molar-refractivity contribution in [3.8, 4) is 23.0 Å². The number of aliphatic hydroxyl groups excluding tert-OH is 1. The molecule has 0 radical (unpaired) electrons. The van der Waals surface area contributed by atoms with E-state index in [2.05, 4.69) is 6.58 Å². The smallest absolute Gasteiger partial charge is 0.189 e. The van der Waals surface area contributed by atoms with Crippen LogP contribution >= 0.6 is 0 Å². The Balaban J connectivity index is 1.85. The van der Waals surface area contributed by atoms with Crippen molar-refractivity contribution in [3.05, 3.63) is 71.3 Å². The third kappa shape index (κ3) is 4.81. The summed E-state index contributed by atoms with van der Waals surface area (Å²) in [5, 5.41) is 40.9. The topological polar surface area (TPSA) is 107 Å². The second-order valence-corrected chi connectivity index (χ2v) is 7.94. The molecule has 0 spiro atoms. The lowest BCUT2D eigenvalue weighted by Crippen LogP contribution is -2.33. The quantitative estimate of drug-likeness (QED) is 0.225. The van der Waals surface area contributed by atoms with Crippen molar-refractivity contribution in [3.63, 3.8) is 0 Å². The van der Waals surface area contributed by atoms with Gasteiger partial charge in [0.15, 0.2) is 17.3 Å². The Labute approximate surface area is 181 Å². The van der Waals surface area contributed by atoms with E-state index in [0.717, 1.165) is 6.07 Å². The monoisotopic (exact) mass is 422 g/mol. The van der Waals surface area contributed by atoms with Gasteiger partial charge >= 0.3 is 0 Å². The molecule has 162 valence electrons. The van der Waals surface area contributed by atoms with Gasteiger partial charge in [0.05, 0.1) is 17.2 Å². The number of allylic oxidation sites excluding steroid dienone is 1. The van der Waals surface area contributed by atoms with Crippen LogP contribution in [-0.4, -0.2) is 37.9 Å². The van der Waals surface area contributed by atoms with Crippen molar-refractivity contribution in [2.75, 3.05) is 0 Å². The van der Waals surface area contributed by atoms with Gasteiger partial charge in [0.25, 0.3) is 0 Å².